The zero-order valence-electron chi connectivity index (χ0n) is 26.2. The number of carbonyl (C=O) groups excluding carboxylic acids is 9. The molecular formula is C34H32N6O9. The predicted molar refractivity (Wildman–Crippen MR) is 168 cm³/mol. The number of imide groups is 3. The fourth-order valence-corrected chi connectivity index (χ4v) is 7.41. The average molecular weight is 669 g/mol. The number of carbonyl (C=O) groups is 9. The first-order valence-corrected chi connectivity index (χ1v) is 16.2. The van der Waals surface area contributed by atoms with Crippen molar-refractivity contribution >= 4 is 64.5 Å². The van der Waals surface area contributed by atoms with Crippen molar-refractivity contribution in [1.29, 1.82) is 0 Å². The van der Waals surface area contributed by atoms with Gasteiger partial charge in [-0.15, -0.1) is 0 Å². The highest BCUT2D eigenvalue weighted by Gasteiger charge is 2.46. The zero-order chi connectivity index (χ0) is 34.6. The number of hydrogen-bond donors (Lipinski definition) is 4. The molecule has 15 heteroatoms. The Morgan fingerprint density at radius 2 is 1.14 bits per heavy atom. The Labute approximate surface area is 279 Å². The monoisotopic (exact) mass is 668 g/mol. The Morgan fingerprint density at radius 3 is 1.73 bits per heavy atom. The minimum absolute atomic E-state index is 0.00944. The van der Waals surface area contributed by atoms with Gasteiger partial charge in [-0.3, -0.25) is 58.7 Å². The Kier molecular flexibility index (Phi) is 8.04. The molecular weight excluding hydrogens is 636 g/mol. The second-order valence-corrected chi connectivity index (χ2v) is 12.9. The summed E-state index contributed by atoms with van der Waals surface area (Å²) in [5, 5.41) is 10.2. The summed E-state index contributed by atoms with van der Waals surface area (Å²) in [4.78, 5) is 117. The van der Waals surface area contributed by atoms with Crippen molar-refractivity contribution < 1.29 is 43.2 Å². The molecule has 2 unspecified atom stereocenters. The number of amides is 9. The lowest BCUT2D eigenvalue weighted by Crippen LogP contribution is -2.54. The van der Waals surface area contributed by atoms with Gasteiger partial charge in [-0.05, 0) is 62.8 Å². The molecule has 9 amide bonds. The minimum atomic E-state index is -1.13. The summed E-state index contributed by atoms with van der Waals surface area (Å²) in [6.45, 7) is 0.117. The Morgan fingerprint density at radius 1 is 0.612 bits per heavy atom. The fraction of sp³-hybridized carbons (Fsp3) is 0.382. The molecule has 4 aliphatic heterocycles. The molecule has 2 atom stereocenters. The number of benzene rings is 2. The number of piperidine rings is 2. The van der Waals surface area contributed by atoms with Crippen molar-refractivity contribution in [2.75, 3.05) is 10.6 Å². The van der Waals surface area contributed by atoms with Crippen LogP contribution in [0.4, 0.5) is 11.4 Å². The van der Waals surface area contributed by atoms with Crippen LogP contribution in [0, 0.1) is 11.8 Å². The van der Waals surface area contributed by atoms with E-state index in [1.165, 1.54) is 23.1 Å². The van der Waals surface area contributed by atoms with Crippen LogP contribution in [0.1, 0.15) is 88.0 Å². The number of rotatable bonds is 6. The molecule has 7 rings (SSSR count). The van der Waals surface area contributed by atoms with Gasteiger partial charge in [-0.25, -0.2) is 0 Å². The van der Waals surface area contributed by atoms with Gasteiger partial charge >= 0.3 is 0 Å². The van der Waals surface area contributed by atoms with Crippen LogP contribution in [0.5, 0.6) is 0 Å². The first-order chi connectivity index (χ1) is 23.5. The number of nitrogens with zero attached hydrogens (tertiary/aromatic N) is 2. The van der Waals surface area contributed by atoms with E-state index in [-0.39, 0.29) is 72.7 Å². The van der Waals surface area contributed by atoms with Crippen LogP contribution in [-0.2, 0) is 35.3 Å². The highest BCUT2D eigenvalue weighted by molar-refractivity contribution is 6.26. The standard InChI is InChI=1S/C34H32N6O9/c41-25-13-11-23(30(45)37-25)39-15-20-18(32(39)47)3-1-5-21(20)35-28(43)16-7-9-17(10-8-16)29(44)36-22-6-2-4-19-27(22)34(49)40(33(19)48)24-12-14-26(42)38-31(24)46/h1-6,16-17,23-24H,7-15H2,(H,35,43)(H,36,44)(H,37,41,45)(H,38,42,46). The highest BCUT2D eigenvalue weighted by Crippen LogP contribution is 2.36. The fourth-order valence-electron chi connectivity index (χ4n) is 7.41. The molecule has 252 valence electrons. The molecule has 0 bridgehead atoms. The average Bonchev–Trinajstić information content (AvgIpc) is 3.54. The van der Waals surface area contributed by atoms with E-state index in [0.29, 0.717) is 42.5 Å². The quantitative estimate of drug-likeness (QED) is 0.326. The zero-order valence-corrected chi connectivity index (χ0v) is 26.2. The molecule has 49 heavy (non-hydrogen) atoms. The van der Waals surface area contributed by atoms with Crippen molar-refractivity contribution in [3.05, 3.63) is 58.7 Å². The number of hydrogen-bond acceptors (Lipinski definition) is 9. The summed E-state index contributed by atoms with van der Waals surface area (Å²) in [6, 6.07) is 7.59. The maximum Gasteiger partial charge on any atom is 0.264 e. The van der Waals surface area contributed by atoms with Crippen molar-refractivity contribution in [1.82, 2.24) is 20.4 Å². The molecule has 2 aromatic rings. The van der Waals surface area contributed by atoms with Crippen molar-refractivity contribution in [2.45, 2.75) is 70.0 Å². The van der Waals surface area contributed by atoms with E-state index in [1.807, 2.05) is 0 Å². The van der Waals surface area contributed by atoms with Gasteiger partial charge < -0.3 is 15.5 Å². The first-order valence-electron chi connectivity index (χ1n) is 16.2. The van der Waals surface area contributed by atoms with E-state index in [1.54, 1.807) is 18.2 Å². The minimum Gasteiger partial charge on any atom is -0.326 e. The van der Waals surface area contributed by atoms with Crippen LogP contribution >= 0.6 is 0 Å². The molecule has 0 spiro atoms. The topological polar surface area (TPSA) is 208 Å². The molecule has 1 saturated carbocycles. The summed E-state index contributed by atoms with van der Waals surface area (Å²) >= 11 is 0. The van der Waals surface area contributed by atoms with E-state index >= 15 is 0 Å². The number of nitrogens with one attached hydrogen (secondary N) is 4. The van der Waals surface area contributed by atoms with Gasteiger partial charge in [0.1, 0.15) is 12.1 Å². The van der Waals surface area contributed by atoms with Gasteiger partial charge in [0.2, 0.25) is 35.4 Å². The summed E-state index contributed by atoms with van der Waals surface area (Å²) < 4.78 is 0. The second-order valence-electron chi connectivity index (χ2n) is 12.9. The number of anilines is 2. The third kappa shape index (κ3) is 5.64. The van der Waals surface area contributed by atoms with Crippen molar-refractivity contribution in [3.63, 3.8) is 0 Å². The maximum atomic E-state index is 13.4. The third-order valence-corrected chi connectivity index (χ3v) is 10.0. The Balaban J connectivity index is 0.968. The van der Waals surface area contributed by atoms with Gasteiger partial charge in [-0.2, -0.15) is 0 Å². The molecule has 2 saturated heterocycles. The van der Waals surface area contributed by atoms with Gasteiger partial charge in [-0.1, -0.05) is 12.1 Å². The van der Waals surface area contributed by atoms with Crippen LogP contribution in [0.2, 0.25) is 0 Å². The van der Waals surface area contributed by atoms with E-state index in [4.69, 9.17) is 0 Å². The molecule has 5 aliphatic rings. The Bertz CT molecular complexity index is 1880. The Hall–Kier alpha value is -5.73. The van der Waals surface area contributed by atoms with E-state index in [0.717, 1.165) is 4.90 Å². The van der Waals surface area contributed by atoms with Crippen LogP contribution in [0.3, 0.4) is 0 Å². The third-order valence-electron chi connectivity index (χ3n) is 10.0. The molecule has 0 aromatic heterocycles. The molecule has 0 radical (unpaired) electrons. The summed E-state index contributed by atoms with van der Waals surface area (Å²) in [6.07, 6.45) is 1.97. The van der Waals surface area contributed by atoms with Gasteiger partial charge in [0.05, 0.1) is 16.8 Å². The second kappa shape index (κ2) is 12.4. The van der Waals surface area contributed by atoms with Gasteiger partial charge in [0.25, 0.3) is 17.7 Å². The van der Waals surface area contributed by atoms with Crippen molar-refractivity contribution in [2.24, 2.45) is 11.8 Å². The van der Waals surface area contributed by atoms with E-state index < -0.39 is 53.5 Å². The van der Waals surface area contributed by atoms with Crippen molar-refractivity contribution in [3.8, 4) is 0 Å². The molecule has 3 fully saturated rings. The lowest BCUT2D eigenvalue weighted by Gasteiger charge is -2.29. The SMILES string of the molecule is O=C1CCC(N2Cc3c(NC(=O)C4CCC(C(=O)Nc5cccc6c5C(=O)N(C5CCC(=O)NC5=O)C6=O)CC4)cccc3C2=O)C(=O)N1. The van der Waals surface area contributed by atoms with Crippen LogP contribution in [0.25, 0.3) is 0 Å². The van der Waals surface area contributed by atoms with E-state index in [9.17, 15) is 43.2 Å². The number of fused-ring (bicyclic) bond motifs is 2. The van der Waals surface area contributed by atoms with E-state index in [2.05, 4.69) is 21.3 Å². The van der Waals surface area contributed by atoms with Crippen LogP contribution < -0.4 is 21.3 Å². The largest absolute Gasteiger partial charge is 0.326 e. The van der Waals surface area contributed by atoms with Crippen LogP contribution in [-0.4, -0.2) is 75.0 Å². The lowest BCUT2D eigenvalue weighted by atomic mass is 9.81. The summed E-state index contributed by atoms with van der Waals surface area (Å²) in [5.74, 6) is -5.30. The van der Waals surface area contributed by atoms with Gasteiger partial charge in [0, 0.05) is 48.0 Å². The van der Waals surface area contributed by atoms with Gasteiger partial charge in [0.15, 0.2) is 0 Å². The normalized spacial score (nSPS) is 25.1. The molecule has 15 nitrogen and oxygen atoms in total. The summed E-state index contributed by atoms with van der Waals surface area (Å²) in [5.41, 5.74) is 1.64. The molecule has 4 N–H and O–H groups in total. The summed E-state index contributed by atoms with van der Waals surface area (Å²) in [7, 11) is 0. The maximum absolute atomic E-state index is 13.4. The predicted octanol–water partition coefficient (Wildman–Crippen LogP) is 1.23. The van der Waals surface area contributed by atoms with Crippen LogP contribution in [0.15, 0.2) is 36.4 Å². The molecule has 2 aromatic carbocycles. The lowest BCUT2D eigenvalue weighted by molar-refractivity contribution is -0.138. The first kappa shape index (κ1) is 31.8. The smallest absolute Gasteiger partial charge is 0.264 e. The molecule has 4 heterocycles. The molecule has 1 aliphatic carbocycles. The highest BCUT2D eigenvalue weighted by atomic mass is 16.2.